The maximum Gasteiger partial charge on any atom is 0.0664 e. The molecule has 0 saturated carbocycles. The maximum absolute atomic E-state index is 9.58. The van der Waals surface area contributed by atoms with Crippen LogP contribution in [0.1, 0.15) is 33.1 Å². The van der Waals surface area contributed by atoms with Crippen molar-refractivity contribution < 1.29 is 10.2 Å². The van der Waals surface area contributed by atoms with Crippen LogP contribution in [0.25, 0.3) is 0 Å². The minimum atomic E-state index is -0.213. The predicted octanol–water partition coefficient (Wildman–Crippen LogP) is 0.850. The number of aliphatic hydroxyl groups excluding tert-OH is 2. The van der Waals surface area contributed by atoms with Crippen molar-refractivity contribution in [3.63, 3.8) is 0 Å². The first kappa shape index (κ1) is 12.0. The molecule has 0 radical (unpaired) electrons. The highest BCUT2D eigenvalue weighted by atomic mass is 16.3. The summed E-state index contributed by atoms with van der Waals surface area (Å²) in [7, 11) is 0. The fourth-order valence-corrected chi connectivity index (χ4v) is 2.07. The third-order valence-corrected chi connectivity index (χ3v) is 3.28. The van der Waals surface area contributed by atoms with E-state index < -0.39 is 0 Å². The molecule has 0 aliphatic carbocycles. The molecule has 3 atom stereocenters. The number of β-amino-alcohol motifs (C(OH)–C–C–N with tert-alkyl or cyclic N) is 1. The van der Waals surface area contributed by atoms with Gasteiger partial charge in [-0.25, -0.2) is 0 Å². The zero-order chi connectivity index (χ0) is 10.6. The predicted molar refractivity (Wildman–Crippen MR) is 57.1 cm³/mol. The van der Waals surface area contributed by atoms with Gasteiger partial charge in [0.15, 0.2) is 0 Å². The van der Waals surface area contributed by atoms with Gasteiger partial charge in [0, 0.05) is 25.7 Å². The van der Waals surface area contributed by atoms with Crippen LogP contribution in [0.3, 0.4) is 0 Å². The average molecular weight is 201 g/mol. The highest BCUT2D eigenvalue weighted by Crippen LogP contribution is 2.21. The second-order valence-corrected chi connectivity index (χ2v) is 4.49. The molecule has 3 heteroatoms. The van der Waals surface area contributed by atoms with E-state index in [4.69, 9.17) is 5.11 Å². The van der Waals surface area contributed by atoms with Crippen molar-refractivity contribution in [2.24, 2.45) is 5.92 Å². The van der Waals surface area contributed by atoms with Crippen LogP contribution in [-0.2, 0) is 0 Å². The molecule has 84 valence electrons. The Morgan fingerprint density at radius 2 is 2.14 bits per heavy atom. The molecule has 1 aliphatic rings. The first-order valence-electron chi connectivity index (χ1n) is 5.70. The number of rotatable bonds is 4. The Hall–Kier alpha value is -0.120. The van der Waals surface area contributed by atoms with Crippen molar-refractivity contribution in [3.05, 3.63) is 0 Å². The second kappa shape index (κ2) is 5.69. The molecule has 1 heterocycles. The van der Waals surface area contributed by atoms with Crippen molar-refractivity contribution in [1.29, 1.82) is 0 Å². The minimum Gasteiger partial charge on any atom is -0.396 e. The molecule has 3 nitrogen and oxygen atoms in total. The van der Waals surface area contributed by atoms with Crippen LogP contribution < -0.4 is 0 Å². The molecule has 1 rings (SSSR count). The normalized spacial score (nSPS) is 31.7. The van der Waals surface area contributed by atoms with Gasteiger partial charge >= 0.3 is 0 Å². The van der Waals surface area contributed by atoms with E-state index in [1.807, 2.05) is 6.92 Å². The molecule has 0 bridgehead atoms. The summed E-state index contributed by atoms with van der Waals surface area (Å²) in [4.78, 5) is 2.30. The third-order valence-electron chi connectivity index (χ3n) is 3.28. The number of aliphatic hydroxyl groups is 2. The number of hydrogen-bond donors (Lipinski definition) is 2. The van der Waals surface area contributed by atoms with Gasteiger partial charge in [0.1, 0.15) is 0 Å². The largest absolute Gasteiger partial charge is 0.396 e. The molecule has 1 saturated heterocycles. The number of likely N-dealkylation sites (tertiary alicyclic amines) is 1. The first-order chi connectivity index (χ1) is 6.67. The molecule has 0 aromatic rings. The average Bonchev–Trinajstić information content (AvgIpc) is 2.21. The zero-order valence-corrected chi connectivity index (χ0v) is 9.32. The fourth-order valence-electron chi connectivity index (χ4n) is 2.07. The van der Waals surface area contributed by atoms with E-state index in [1.54, 1.807) is 0 Å². The highest BCUT2D eigenvalue weighted by molar-refractivity contribution is 4.79. The highest BCUT2D eigenvalue weighted by Gasteiger charge is 2.25. The Kier molecular flexibility index (Phi) is 4.85. The molecular formula is C11H23NO2. The number of piperidine rings is 1. The molecule has 0 spiro atoms. The molecule has 0 amide bonds. The molecule has 2 N–H and O–H groups in total. The van der Waals surface area contributed by atoms with Crippen molar-refractivity contribution >= 4 is 0 Å². The molecule has 1 fully saturated rings. The monoisotopic (exact) mass is 201 g/mol. The lowest BCUT2D eigenvalue weighted by Gasteiger charge is -2.38. The van der Waals surface area contributed by atoms with Crippen LogP contribution in [0.4, 0.5) is 0 Å². The lowest BCUT2D eigenvalue weighted by Crippen LogP contribution is -2.46. The summed E-state index contributed by atoms with van der Waals surface area (Å²) < 4.78 is 0. The van der Waals surface area contributed by atoms with Crippen LogP contribution in [0.2, 0.25) is 0 Å². The van der Waals surface area contributed by atoms with Crippen LogP contribution in [0.5, 0.6) is 0 Å². The molecule has 1 aliphatic heterocycles. The molecular weight excluding hydrogens is 178 g/mol. The summed E-state index contributed by atoms with van der Waals surface area (Å²) >= 11 is 0. The van der Waals surface area contributed by atoms with Gasteiger partial charge < -0.3 is 10.2 Å². The van der Waals surface area contributed by atoms with Gasteiger partial charge in [-0.3, -0.25) is 4.90 Å². The van der Waals surface area contributed by atoms with Crippen molar-refractivity contribution in [2.75, 3.05) is 19.7 Å². The van der Waals surface area contributed by atoms with E-state index in [2.05, 4.69) is 11.8 Å². The molecule has 2 unspecified atom stereocenters. The summed E-state index contributed by atoms with van der Waals surface area (Å²) in [6.07, 6.45) is 2.86. The topological polar surface area (TPSA) is 43.7 Å². The Morgan fingerprint density at radius 1 is 1.43 bits per heavy atom. The number of hydrogen-bond acceptors (Lipinski definition) is 3. The fraction of sp³-hybridized carbons (Fsp3) is 1.00. The summed E-state index contributed by atoms with van der Waals surface area (Å²) in [6, 6.07) is 0.555. The third kappa shape index (κ3) is 3.23. The summed E-state index contributed by atoms with van der Waals surface area (Å²) in [5, 5.41) is 18.7. The first-order valence-corrected chi connectivity index (χ1v) is 5.70. The van der Waals surface area contributed by atoms with Gasteiger partial charge in [0.05, 0.1) is 6.10 Å². The smallest absolute Gasteiger partial charge is 0.0664 e. The Balaban J connectivity index is 2.40. The van der Waals surface area contributed by atoms with Gasteiger partial charge in [-0.05, 0) is 32.1 Å². The van der Waals surface area contributed by atoms with Crippen LogP contribution in [0.15, 0.2) is 0 Å². The van der Waals surface area contributed by atoms with Crippen LogP contribution >= 0.6 is 0 Å². The van der Waals surface area contributed by atoms with E-state index in [9.17, 15) is 5.11 Å². The molecule has 0 aromatic carbocycles. The second-order valence-electron chi connectivity index (χ2n) is 4.49. The Morgan fingerprint density at radius 3 is 2.71 bits per heavy atom. The van der Waals surface area contributed by atoms with Crippen LogP contribution in [-0.4, -0.2) is 47.0 Å². The maximum atomic E-state index is 9.58. The zero-order valence-electron chi connectivity index (χ0n) is 9.32. The van der Waals surface area contributed by atoms with Gasteiger partial charge in [-0.15, -0.1) is 0 Å². The lowest BCUT2D eigenvalue weighted by atomic mass is 9.94. The van der Waals surface area contributed by atoms with Gasteiger partial charge in [0.25, 0.3) is 0 Å². The van der Waals surface area contributed by atoms with Crippen molar-refractivity contribution in [3.8, 4) is 0 Å². The van der Waals surface area contributed by atoms with E-state index in [0.717, 1.165) is 32.4 Å². The Bertz CT molecular complexity index is 161. The standard InChI is InChI=1S/C11H23NO2/c1-3-11(14)7-12-6-10(8-13)5-4-9(12)2/h9-11,13-14H,3-8H2,1-2H3/t9?,10?,11-/m0/s1. The SMILES string of the molecule is CC[C@H](O)CN1CC(CO)CCC1C. The van der Waals surface area contributed by atoms with E-state index >= 15 is 0 Å². The summed E-state index contributed by atoms with van der Waals surface area (Å²) in [5.41, 5.74) is 0. The van der Waals surface area contributed by atoms with Gasteiger partial charge in [0.2, 0.25) is 0 Å². The van der Waals surface area contributed by atoms with Crippen molar-refractivity contribution in [2.45, 2.75) is 45.3 Å². The molecule has 14 heavy (non-hydrogen) atoms. The summed E-state index contributed by atoms with van der Waals surface area (Å²) in [5.74, 6) is 0.412. The van der Waals surface area contributed by atoms with E-state index in [1.165, 1.54) is 0 Å². The van der Waals surface area contributed by atoms with Gasteiger partial charge in [-0.1, -0.05) is 6.92 Å². The minimum absolute atomic E-state index is 0.213. The van der Waals surface area contributed by atoms with E-state index in [-0.39, 0.29) is 12.7 Å². The molecule has 0 aromatic heterocycles. The van der Waals surface area contributed by atoms with Gasteiger partial charge in [-0.2, -0.15) is 0 Å². The van der Waals surface area contributed by atoms with Crippen LogP contribution in [0, 0.1) is 5.92 Å². The van der Waals surface area contributed by atoms with Crippen molar-refractivity contribution in [1.82, 2.24) is 4.90 Å². The summed E-state index contributed by atoms with van der Waals surface area (Å²) in [6.45, 7) is 6.19. The number of nitrogens with zero attached hydrogens (tertiary/aromatic N) is 1. The van der Waals surface area contributed by atoms with E-state index in [0.29, 0.717) is 12.0 Å². The lowest BCUT2D eigenvalue weighted by molar-refractivity contribution is 0.0376. The Labute approximate surface area is 86.7 Å². The quantitative estimate of drug-likeness (QED) is 0.708.